The first-order valence-electron chi connectivity index (χ1n) is 6.12. The number of rotatable bonds is 6. The number of sulfonamides is 1. The van der Waals surface area contributed by atoms with Crippen LogP contribution in [0.25, 0.3) is 0 Å². The van der Waals surface area contributed by atoms with Gasteiger partial charge in [-0.05, 0) is 24.6 Å². The molecule has 21 heavy (non-hydrogen) atoms. The van der Waals surface area contributed by atoms with Gasteiger partial charge in [-0.1, -0.05) is 29.3 Å². The van der Waals surface area contributed by atoms with Gasteiger partial charge in [0.15, 0.2) is 0 Å². The maximum atomic E-state index is 12.1. The highest BCUT2D eigenvalue weighted by Crippen LogP contribution is 2.23. The van der Waals surface area contributed by atoms with E-state index in [1.165, 1.54) is 12.7 Å². The Morgan fingerprint density at radius 2 is 2.10 bits per heavy atom. The average molecular weight is 349 g/mol. The Hall–Kier alpha value is -1.15. The highest BCUT2D eigenvalue weighted by molar-refractivity contribution is 7.88. The minimum Gasteiger partial charge on any atom is -0.251 e. The van der Waals surface area contributed by atoms with Crippen LogP contribution in [0, 0.1) is 0 Å². The average Bonchev–Trinajstić information content (AvgIpc) is 2.85. The lowest BCUT2D eigenvalue weighted by atomic mass is 10.2. The van der Waals surface area contributed by atoms with Crippen molar-refractivity contribution in [1.82, 2.24) is 19.5 Å². The van der Waals surface area contributed by atoms with Crippen molar-refractivity contribution in [2.24, 2.45) is 0 Å². The quantitative estimate of drug-likeness (QED) is 0.866. The van der Waals surface area contributed by atoms with Crippen LogP contribution in [0.4, 0.5) is 0 Å². The molecule has 0 fully saturated rings. The van der Waals surface area contributed by atoms with Gasteiger partial charge in [0, 0.05) is 6.04 Å². The van der Waals surface area contributed by atoms with Gasteiger partial charge in [-0.3, -0.25) is 4.68 Å². The summed E-state index contributed by atoms with van der Waals surface area (Å²) >= 11 is 11.7. The predicted molar refractivity (Wildman–Crippen MR) is 81.7 cm³/mol. The molecule has 2 rings (SSSR count). The number of halogens is 2. The van der Waals surface area contributed by atoms with E-state index in [1.54, 1.807) is 29.8 Å². The van der Waals surface area contributed by atoms with E-state index < -0.39 is 10.0 Å². The SMILES string of the molecule is C[C@H](Cn1cncn1)NS(=O)(=O)Cc1ccc(Cl)c(Cl)c1. The summed E-state index contributed by atoms with van der Waals surface area (Å²) < 4.78 is 28.4. The minimum atomic E-state index is -3.48. The maximum Gasteiger partial charge on any atom is 0.216 e. The number of hydrogen-bond donors (Lipinski definition) is 1. The molecule has 0 saturated heterocycles. The minimum absolute atomic E-state index is 0.161. The molecule has 0 aliphatic rings. The second-order valence-electron chi connectivity index (χ2n) is 4.64. The smallest absolute Gasteiger partial charge is 0.216 e. The second kappa shape index (κ2) is 6.74. The Labute approximate surface area is 133 Å². The standard InChI is InChI=1S/C12H14Cl2N4O2S/c1-9(5-18-8-15-7-16-18)17-21(19,20)6-10-2-3-11(13)12(14)4-10/h2-4,7-9,17H,5-6H2,1H3/t9-/m1/s1. The Bertz CT molecular complexity index is 704. The lowest BCUT2D eigenvalue weighted by molar-refractivity contribution is 0.493. The maximum absolute atomic E-state index is 12.1. The summed E-state index contributed by atoms with van der Waals surface area (Å²) in [6.45, 7) is 2.16. The van der Waals surface area contributed by atoms with Crippen LogP contribution in [0.15, 0.2) is 30.9 Å². The van der Waals surface area contributed by atoms with Crippen LogP contribution in [-0.2, 0) is 22.3 Å². The normalized spacial score (nSPS) is 13.3. The van der Waals surface area contributed by atoms with Gasteiger partial charge in [-0.15, -0.1) is 0 Å². The zero-order valence-corrected chi connectivity index (χ0v) is 13.5. The molecule has 2 aromatic rings. The summed E-state index contributed by atoms with van der Waals surface area (Å²) in [6, 6.07) is 4.45. The van der Waals surface area contributed by atoms with Gasteiger partial charge in [0.25, 0.3) is 0 Å². The Balaban J connectivity index is 1.99. The van der Waals surface area contributed by atoms with E-state index in [-0.39, 0.29) is 11.8 Å². The van der Waals surface area contributed by atoms with Crippen molar-refractivity contribution in [3.63, 3.8) is 0 Å². The van der Waals surface area contributed by atoms with E-state index in [0.29, 0.717) is 22.2 Å². The molecule has 0 saturated carbocycles. The third-order valence-corrected chi connectivity index (χ3v) is 4.86. The van der Waals surface area contributed by atoms with E-state index in [2.05, 4.69) is 14.8 Å². The molecule has 9 heteroatoms. The molecule has 0 spiro atoms. The Morgan fingerprint density at radius 1 is 1.33 bits per heavy atom. The van der Waals surface area contributed by atoms with Gasteiger partial charge in [-0.2, -0.15) is 5.10 Å². The molecule has 0 amide bonds. The van der Waals surface area contributed by atoms with Gasteiger partial charge in [0.1, 0.15) is 12.7 Å². The zero-order chi connectivity index (χ0) is 15.5. The van der Waals surface area contributed by atoms with Gasteiger partial charge in [-0.25, -0.2) is 18.1 Å². The highest BCUT2D eigenvalue weighted by atomic mass is 35.5. The monoisotopic (exact) mass is 348 g/mol. The van der Waals surface area contributed by atoms with Gasteiger partial charge in [0.2, 0.25) is 10.0 Å². The summed E-state index contributed by atoms with van der Waals surface area (Å²) in [5.41, 5.74) is 0.574. The van der Waals surface area contributed by atoms with E-state index in [4.69, 9.17) is 23.2 Å². The van der Waals surface area contributed by atoms with Crippen molar-refractivity contribution in [2.45, 2.75) is 25.3 Å². The van der Waals surface area contributed by atoms with Crippen LogP contribution < -0.4 is 4.72 Å². The largest absolute Gasteiger partial charge is 0.251 e. The molecule has 1 atom stereocenters. The van der Waals surface area contributed by atoms with Crippen molar-refractivity contribution in [3.8, 4) is 0 Å². The summed E-state index contributed by atoms with van der Waals surface area (Å²) in [6.07, 6.45) is 2.93. The number of nitrogens with zero attached hydrogens (tertiary/aromatic N) is 3. The number of aromatic nitrogens is 3. The molecule has 1 aromatic heterocycles. The topological polar surface area (TPSA) is 76.9 Å². The number of nitrogens with one attached hydrogen (secondary N) is 1. The van der Waals surface area contributed by atoms with Crippen LogP contribution in [0.2, 0.25) is 10.0 Å². The predicted octanol–water partition coefficient (Wildman–Crippen LogP) is 2.09. The summed E-state index contributed by atoms with van der Waals surface area (Å²) in [5.74, 6) is -0.161. The fourth-order valence-electron chi connectivity index (χ4n) is 1.84. The molecule has 1 N–H and O–H groups in total. The molecule has 1 heterocycles. The van der Waals surface area contributed by atoms with E-state index in [9.17, 15) is 8.42 Å². The summed E-state index contributed by atoms with van der Waals surface area (Å²) in [7, 11) is -3.48. The third-order valence-electron chi connectivity index (χ3n) is 2.65. The van der Waals surface area contributed by atoms with Gasteiger partial charge in [0.05, 0.1) is 22.3 Å². The lowest BCUT2D eigenvalue weighted by Crippen LogP contribution is -2.36. The van der Waals surface area contributed by atoms with Crippen LogP contribution in [0.5, 0.6) is 0 Å². The van der Waals surface area contributed by atoms with Crippen molar-refractivity contribution in [1.29, 1.82) is 0 Å². The van der Waals surface area contributed by atoms with Crippen LogP contribution in [-0.4, -0.2) is 29.2 Å². The fourth-order valence-corrected chi connectivity index (χ4v) is 3.55. The first-order valence-corrected chi connectivity index (χ1v) is 8.53. The number of benzene rings is 1. The molecular formula is C12H14Cl2N4O2S. The Kier molecular flexibility index (Phi) is 5.21. The molecule has 0 unspecified atom stereocenters. The van der Waals surface area contributed by atoms with Crippen molar-refractivity contribution in [2.75, 3.05) is 0 Å². The molecule has 6 nitrogen and oxygen atoms in total. The van der Waals surface area contributed by atoms with Crippen molar-refractivity contribution in [3.05, 3.63) is 46.5 Å². The van der Waals surface area contributed by atoms with E-state index >= 15 is 0 Å². The van der Waals surface area contributed by atoms with Crippen molar-refractivity contribution < 1.29 is 8.42 Å². The number of hydrogen-bond acceptors (Lipinski definition) is 4. The molecule has 0 bridgehead atoms. The lowest BCUT2D eigenvalue weighted by Gasteiger charge is -2.14. The van der Waals surface area contributed by atoms with Gasteiger partial charge < -0.3 is 0 Å². The van der Waals surface area contributed by atoms with E-state index in [0.717, 1.165) is 0 Å². The van der Waals surface area contributed by atoms with Crippen LogP contribution in [0.3, 0.4) is 0 Å². The van der Waals surface area contributed by atoms with Crippen LogP contribution >= 0.6 is 23.2 Å². The first kappa shape index (κ1) is 16.2. The van der Waals surface area contributed by atoms with Crippen molar-refractivity contribution >= 4 is 33.2 Å². The molecular weight excluding hydrogens is 335 g/mol. The highest BCUT2D eigenvalue weighted by Gasteiger charge is 2.16. The third kappa shape index (κ3) is 4.96. The van der Waals surface area contributed by atoms with Gasteiger partial charge >= 0.3 is 0 Å². The fraction of sp³-hybridized carbons (Fsp3) is 0.333. The molecule has 0 aliphatic carbocycles. The molecule has 114 valence electrons. The zero-order valence-electron chi connectivity index (χ0n) is 11.2. The Morgan fingerprint density at radius 3 is 2.71 bits per heavy atom. The van der Waals surface area contributed by atoms with E-state index in [1.807, 2.05) is 0 Å². The molecule has 1 aromatic carbocycles. The molecule has 0 aliphatic heterocycles. The second-order valence-corrected chi connectivity index (χ2v) is 7.21. The molecule has 0 radical (unpaired) electrons. The summed E-state index contributed by atoms with van der Waals surface area (Å²) in [4.78, 5) is 3.80. The van der Waals surface area contributed by atoms with Crippen LogP contribution in [0.1, 0.15) is 12.5 Å². The first-order chi connectivity index (χ1) is 9.85. The summed E-state index contributed by atoms with van der Waals surface area (Å²) in [5, 5.41) is 4.66.